The molecule has 0 aromatic carbocycles. The van der Waals surface area contributed by atoms with Crippen LogP contribution >= 0.6 is 0 Å². The molecular formula is C11H20N4O2. The Balaban J connectivity index is 2.95. The highest BCUT2D eigenvalue weighted by molar-refractivity contribution is 5.60. The van der Waals surface area contributed by atoms with Crippen molar-refractivity contribution in [2.45, 2.75) is 13.8 Å². The lowest BCUT2D eigenvalue weighted by Crippen LogP contribution is -2.33. The van der Waals surface area contributed by atoms with Gasteiger partial charge in [-0.3, -0.25) is 4.79 Å². The lowest BCUT2D eigenvalue weighted by atomic mass is 10.2. The van der Waals surface area contributed by atoms with E-state index in [1.807, 2.05) is 4.90 Å². The Morgan fingerprint density at radius 3 is 2.88 bits per heavy atom. The molecule has 0 saturated heterocycles. The Morgan fingerprint density at radius 1 is 1.59 bits per heavy atom. The first-order chi connectivity index (χ1) is 8.06. The number of nitrogens with one attached hydrogen (secondary N) is 1. The Hall–Kier alpha value is -1.56. The molecule has 0 unspecified atom stereocenters. The van der Waals surface area contributed by atoms with E-state index in [0.29, 0.717) is 24.9 Å². The summed E-state index contributed by atoms with van der Waals surface area (Å²) in [6, 6.07) is 0. The monoisotopic (exact) mass is 240 g/mol. The van der Waals surface area contributed by atoms with Gasteiger partial charge < -0.3 is 20.4 Å². The number of ether oxygens (including phenoxy) is 1. The van der Waals surface area contributed by atoms with Crippen LogP contribution in [0.1, 0.15) is 13.8 Å². The second-order valence-corrected chi connectivity index (χ2v) is 4.30. The number of rotatable bonds is 6. The summed E-state index contributed by atoms with van der Waals surface area (Å²) in [5.74, 6) is 0.979. The summed E-state index contributed by atoms with van der Waals surface area (Å²) in [6.07, 6.45) is 1.37. The SMILES string of the molecule is COCCN(CC(C)C)c1nc[nH]c(=O)c1N. The summed E-state index contributed by atoms with van der Waals surface area (Å²) in [5, 5.41) is 0. The lowest BCUT2D eigenvalue weighted by molar-refractivity contribution is 0.204. The molecule has 1 rings (SSSR count). The van der Waals surface area contributed by atoms with Crippen LogP contribution in [0.5, 0.6) is 0 Å². The molecule has 6 nitrogen and oxygen atoms in total. The maximum Gasteiger partial charge on any atom is 0.276 e. The number of hydrogen-bond donors (Lipinski definition) is 2. The van der Waals surface area contributed by atoms with Crippen molar-refractivity contribution in [3.05, 3.63) is 16.7 Å². The first-order valence-corrected chi connectivity index (χ1v) is 5.63. The number of hydrogen-bond acceptors (Lipinski definition) is 5. The highest BCUT2D eigenvalue weighted by Gasteiger charge is 2.14. The van der Waals surface area contributed by atoms with Crippen LogP contribution in [0.25, 0.3) is 0 Å². The van der Waals surface area contributed by atoms with Gasteiger partial charge in [0, 0.05) is 20.2 Å². The summed E-state index contributed by atoms with van der Waals surface area (Å²) in [5.41, 5.74) is 5.59. The molecule has 0 amide bonds. The van der Waals surface area contributed by atoms with Crippen LogP contribution in [0.4, 0.5) is 11.5 Å². The number of anilines is 2. The Kier molecular flexibility index (Phi) is 4.96. The molecule has 17 heavy (non-hydrogen) atoms. The minimum atomic E-state index is -0.304. The van der Waals surface area contributed by atoms with Gasteiger partial charge in [-0.25, -0.2) is 4.98 Å². The van der Waals surface area contributed by atoms with Crippen molar-refractivity contribution >= 4 is 11.5 Å². The second-order valence-electron chi connectivity index (χ2n) is 4.30. The minimum absolute atomic E-state index is 0.157. The molecule has 6 heteroatoms. The number of methoxy groups -OCH3 is 1. The molecule has 1 heterocycles. The average molecular weight is 240 g/mol. The van der Waals surface area contributed by atoms with E-state index in [2.05, 4.69) is 23.8 Å². The van der Waals surface area contributed by atoms with E-state index in [-0.39, 0.29) is 11.2 Å². The second kappa shape index (κ2) is 6.24. The van der Waals surface area contributed by atoms with E-state index in [4.69, 9.17) is 10.5 Å². The van der Waals surface area contributed by atoms with Crippen molar-refractivity contribution in [3.63, 3.8) is 0 Å². The average Bonchev–Trinajstić information content (AvgIpc) is 2.28. The minimum Gasteiger partial charge on any atom is -0.391 e. The van der Waals surface area contributed by atoms with Crippen molar-refractivity contribution in [3.8, 4) is 0 Å². The molecule has 3 N–H and O–H groups in total. The van der Waals surface area contributed by atoms with Gasteiger partial charge >= 0.3 is 0 Å². The normalized spacial score (nSPS) is 10.8. The summed E-state index contributed by atoms with van der Waals surface area (Å²) in [7, 11) is 1.64. The number of aromatic amines is 1. The van der Waals surface area contributed by atoms with Gasteiger partial charge in [-0.2, -0.15) is 0 Å². The van der Waals surface area contributed by atoms with Crippen LogP contribution in [-0.4, -0.2) is 36.8 Å². The predicted molar refractivity (Wildman–Crippen MR) is 68.2 cm³/mol. The largest absolute Gasteiger partial charge is 0.391 e. The van der Waals surface area contributed by atoms with Gasteiger partial charge in [0.2, 0.25) is 0 Å². The van der Waals surface area contributed by atoms with Gasteiger partial charge in [-0.1, -0.05) is 13.8 Å². The number of nitrogen functional groups attached to an aromatic ring is 1. The third-order valence-electron chi connectivity index (χ3n) is 2.32. The quantitative estimate of drug-likeness (QED) is 0.754. The van der Waals surface area contributed by atoms with Gasteiger partial charge in [0.1, 0.15) is 5.69 Å². The molecule has 0 spiro atoms. The molecule has 1 aromatic rings. The molecule has 0 aliphatic rings. The molecule has 0 radical (unpaired) electrons. The van der Waals surface area contributed by atoms with E-state index in [0.717, 1.165) is 6.54 Å². The van der Waals surface area contributed by atoms with E-state index >= 15 is 0 Å². The maximum atomic E-state index is 11.4. The molecule has 1 aromatic heterocycles. The zero-order valence-corrected chi connectivity index (χ0v) is 10.6. The third-order valence-corrected chi connectivity index (χ3v) is 2.32. The zero-order valence-electron chi connectivity index (χ0n) is 10.6. The highest BCUT2D eigenvalue weighted by atomic mass is 16.5. The van der Waals surface area contributed by atoms with Crippen molar-refractivity contribution in [2.24, 2.45) is 5.92 Å². The fraction of sp³-hybridized carbons (Fsp3) is 0.636. The van der Waals surface area contributed by atoms with E-state index in [1.54, 1.807) is 7.11 Å². The summed E-state index contributed by atoms with van der Waals surface area (Å²) in [6.45, 7) is 6.21. The standard InChI is InChI=1S/C11H20N4O2/c1-8(2)6-15(4-5-17-3)10-9(12)11(16)14-7-13-10/h7-8H,4-6,12H2,1-3H3,(H,13,14,16). The molecule has 0 aliphatic heterocycles. The first kappa shape index (κ1) is 13.5. The number of aromatic nitrogens is 2. The molecular weight excluding hydrogens is 220 g/mol. The third kappa shape index (κ3) is 3.74. The molecule has 96 valence electrons. The number of H-pyrrole nitrogens is 1. The van der Waals surface area contributed by atoms with Crippen LogP contribution < -0.4 is 16.2 Å². The van der Waals surface area contributed by atoms with Gasteiger partial charge in [-0.05, 0) is 5.92 Å². The van der Waals surface area contributed by atoms with Crippen LogP contribution in [0.2, 0.25) is 0 Å². The van der Waals surface area contributed by atoms with Crippen LogP contribution in [0.15, 0.2) is 11.1 Å². The fourth-order valence-electron chi connectivity index (χ4n) is 1.58. The molecule has 0 aliphatic carbocycles. The van der Waals surface area contributed by atoms with Gasteiger partial charge in [-0.15, -0.1) is 0 Å². The van der Waals surface area contributed by atoms with Crippen molar-refractivity contribution in [2.75, 3.05) is 37.4 Å². The van der Waals surface area contributed by atoms with Crippen molar-refractivity contribution in [1.29, 1.82) is 0 Å². The molecule has 0 saturated carbocycles. The van der Waals surface area contributed by atoms with Gasteiger partial charge in [0.25, 0.3) is 5.56 Å². The number of nitrogens with two attached hydrogens (primary N) is 1. The van der Waals surface area contributed by atoms with E-state index in [9.17, 15) is 4.79 Å². The van der Waals surface area contributed by atoms with Crippen LogP contribution in [-0.2, 0) is 4.74 Å². The smallest absolute Gasteiger partial charge is 0.276 e. The molecule has 0 atom stereocenters. The Labute approximate surface area is 101 Å². The van der Waals surface area contributed by atoms with Gasteiger partial charge in [0.15, 0.2) is 5.82 Å². The predicted octanol–water partition coefficient (Wildman–Crippen LogP) is 0.461. The van der Waals surface area contributed by atoms with Crippen LogP contribution in [0, 0.1) is 5.92 Å². The van der Waals surface area contributed by atoms with Crippen molar-refractivity contribution < 1.29 is 4.74 Å². The summed E-state index contributed by atoms with van der Waals surface area (Å²) >= 11 is 0. The Bertz CT molecular complexity index is 403. The van der Waals surface area contributed by atoms with Gasteiger partial charge in [0.05, 0.1) is 12.9 Å². The van der Waals surface area contributed by atoms with E-state index < -0.39 is 0 Å². The molecule has 0 fully saturated rings. The zero-order chi connectivity index (χ0) is 12.8. The number of nitrogens with zero attached hydrogens (tertiary/aromatic N) is 2. The topological polar surface area (TPSA) is 84.2 Å². The van der Waals surface area contributed by atoms with E-state index in [1.165, 1.54) is 6.33 Å². The molecule has 0 bridgehead atoms. The lowest BCUT2D eigenvalue weighted by Gasteiger charge is -2.25. The summed E-state index contributed by atoms with van der Waals surface area (Å²) in [4.78, 5) is 20.0. The Morgan fingerprint density at radius 2 is 2.29 bits per heavy atom. The highest BCUT2D eigenvalue weighted by Crippen LogP contribution is 2.16. The van der Waals surface area contributed by atoms with Crippen molar-refractivity contribution in [1.82, 2.24) is 9.97 Å². The summed E-state index contributed by atoms with van der Waals surface area (Å²) < 4.78 is 5.05. The first-order valence-electron chi connectivity index (χ1n) is 5.63. The van der Waals surface area contributed by atoms with Crippen LogP contribution in [0.3, 0.4) is 0 Å². The fourth-order valence-corrected chi connectivity index (χ4v) is 1.58. The maximum absolute atomic E-state index is 11.4.